The molecule has 0 saturated carbocycles. The average molecular weight is 325 g/mol. The van der Waals surface area contributed by atoms with Gasteiger partial charge in [0.1, 0.15) is 0 Å². The molecule has 0 bridgehead atoms. The molecule has 5 nitrogen and oxygen atoms in total. The summed E-state index contributed by atoms with van der Waals surface area (Å²) in [6.45, 7) is 3.69. The van der Waals surface area contributed by atoms with Crippen molar-refractivity contribution in [1.82, 2.24) is 0 Å². The molecule has 0 aromatic heterocycles. The summed E-state index contributed by atoms with van der Waals surface area (Å²) in [7, 11) is 0. The lowest BCUT2D eigenvalue weighted by Crippen LogP contribution is -2.21. The first-order chi connectivity index (χ1) is 11.5. The summed E-state index contributed by atoms with van der Waals surface area (Å²) in [6, 6.07) is 14.6. The van der Waals surface area contributed by atoms with Crippen LogP contribution in [0.5, 0.6) is 0 Å². The van der Waals surface area contributed by atoms with Crippen molar-refractivity contribution in [3.8, 4) is 0 Å². The fourth-order valence-electron chi connectivity index (χ4n) is 2.30. The molecular formula is C19H23N3O2. The number of hydrogen-bond donors (Lipinski definition) is 3. The predicted octanol–water partition coefficient (Wildman–Crippen LogP) is 3.37. The Morgan fingerprint density at radius 2 is 1.75 bits per heavy atom. The summed E-state index contributed by atoms with van der Waals surface area (Å²) in [6.07, 6.45) is 0.594. The van der Waals surface area contributed by atoms with Crippen LogP contribution in [0.25, 0.3) is 0 Å². The number of nitrogens with one attached hydrogen (secondary N) is 2. The minimum absolute atomic E-state index is 0.0674. The van der Waals surface area contributed by atoms with Crippen LogP contribution in [0.1, 0.15) is 36.9 Å². The number of benzene rings is 2. The van der Waals surface area contributed by atoms with Gasteiger partial charge in [-0.15, -0.1) is 0 Å². The van der Waals surface area contributed by atoms with Crippen molar-refractivity contribution in [2.75, 3.05) is 10.6 Å². The largest absolute Gasteiger partial charge is 0.326 e. The van der Waals surface area contributed by atoms with Gasteiger partial charge in [-0.3, -0.25) is 9.59 Å². The van der Waals surface area contributed by atoms with E-state index in [1.165, 1.54) is 0 Å². The third-order valence-corrected chi connectivity index (χ3v) is 3.75. The first-order valence-corrected chi connectivity index (χ1v) is 8.00. The number of rotatable bonds is 6. The fraction of sp³-hybridized carbons (Fsp3) is 0.263. The number of hydrogen-bond acceptors (Lipinski definition) is 3. The fourth-order valence-corrected chi connectivity index (χ4v) is 2.30. The van der Waals surface area contributed by atoms with Gasteiger partial charge in [-0.05, 0) is 30.2 Å². The minimum atomic E-state index is -0.352. The summed E-state index contributed by atoms with van der Waals surface area (Å²) >= 11 is 0. The zero-order valence-corrected chi connectivity index (χ0v) is 14.0. The Morgan fingerprint density at radius 1 is 1.04 bits per heavy atom. The standard InChI is InChI=1S/C19H23N3O2/c1-3-18(23)21-15-10-9-13(2)17(11-15)22-19(24)12-16(20)14-7-5-4-6-8-14/h4-11,16H,3,12,20H2,1-2H3,(H,21,23)(H,22,24). The molecule has 0 heterocycles. The molecule has 0 spiro atoms. The molecule has 0 aliphatic rings. The molecule has 126 valence electrons. The molecule has 0 aliphatic heterocycles. The van der Waals surface area contributed by atoms with E-state index in [1.54, 1.807) is 13.0 Å². The van der Waals surface area contributed by atoms with Crippen LogP contribution in [0.3, 0.4) is 0 Å². The number of anilines is 2. The number of carbonyl (C=O) groups excluding carboxylic acids is 2. The summed E-state index contributed by atoms with van der Waals surface area (Å²) in [5.74, 6) is -0.226. The molecule has 2 aromatic carbocycles. The van der Waals surface area contributed by atoms with Crippen LogP contribution in [-0.4, -0.2) is 11.8 Å². The molecule has 2 aromatic rings. The van der Waals surface area contributed by atoms with Crippen molar-refractivity contribution in [3.63, 3.8) is 0 Å². The molecule has 1 atom stereocenters. The molecule has 5 heteroatoms. The molecule has 0 saturated heterocycles. The lowest BCUT2D eigenvalue weighted by Gasteiger charge is -2.14. The maximum Gasteiger partial charge on any atom is 0.226 e. The quantitative estimate of drug-likeness (QED) is 0.761. The van der Waals surface area contributed by atoms with Crippen LogP contribution in [0.15, 0.2) is 48.5 Å². The molecule has 0 fully saturated rings. The molecule has 24 heavy (non-hydrogen) atoms. The average Bonchev–Trinajstić information content (AvgIpc) is 2.58. The van der Waals surface area contributed by atoms with E-state index in [0.29, 0.717) is 17.8 Å². The number of amides is 2. The summed E-state index contributed by atoms with van der Waals surface area (Å²) in [5, 5.41) is 5.66. The van der Waals surface area contributed by atoms with Crippen molar-refractivity contribution in [3.05, 3.63) is 59.7 Å². The molecule has 2 rings (SSSR count). The highest BCUT2D eigenvalue weighted by Crippen LogP contribution is 2.22. The van der Waals surface area contributed by atoms with Crippen molar-refractivity contribution in [2.45, 2.75) is 32.7 Å². The monoisotopic (exact) mass is 325 g/mol. The van der Waals surface area contributed by atoms with Crippen LogP contribution in [-0.2, 0) is 9.59 Å². The molecule has 4 N–H and O–H groups in total. The van der Waals surface area contributed by atoms with Crippen molar-refractivity contribution in [1.29, 1.82) is 0 Å². The molecular weight excluding hydrogens is 302 g/mol. The zero-order valence-electron chi connectivity index (χ0n) is 14.0. The Morgan fingerprint density at radius 3 is 2.42 bits per heavy atom. The highest BCUT2D eigenvalue weighted by molar-refractivity contribution is 5.94. The van der Waals surface area contributed by atoms with Gasteiger partial charge in [-0.2, -0.15) is 0 Å². The van der Waals surface area contributed by atoms with Gasteiger partial charge < -0.3 is 16.4 Å². The Labute approximate surface area is 142 Å². The molecule has 1 unspecified atom stereocenters. The highest BCUT2D eigenvalue weighted by Gasteiger charge is 2.13. The van der Waals surface area contributed by atoms with Gasteiger partial charge in [0.2, 0.25) is 11.8 Å². The van der Waals surface area contributed by atoms with E-state index < -0.39 is 0 Å². The SMILES string of the molecule is CCC(=O)Nc1ccc(C)c(NC(=O)CC(N)c2ccccc2)c1. The van der Waals surface area contributed by atoms with Gasteiger partial charge in [0.15, 0.2) is 0 Å². The minimum Gasteiger partial charge on any atom is -0.326 e. The van der Waals surface area contributed by atoms with E-state index in [-0.39, 0.29) is 24.3 Å². The van der Waals surface area contributed by atoms with Gasteiger partial charge in [-0.1, -0.05) is 43.3 Å². The van der Waals surface area contributed by atoms with Crippen LogP contribution in [0, 0.1) is 6.92 Å². The highest BCUT2D eigenvalue weighted by atomic mass is 16.2. The van der Waals surface area contributed by atoms with E-state index in [9.17, 15) is 9.59 Å². The molecule has 0 radical (unpaired) electrons. The van der Waals surface area contributed by atoms with E-state index in [4.69, 9.17) is 5.73 Å². The first-order valence-electron chi connectivity index (χ1n) is 8.00. The van der Waals surface area contributed by atoms with Crippen LogP contribution < -0.4 is 16.4 Å². The topological polar surface area (TPSA) is 84.2 Å². The third-order valence-electron chi connectivity index (χ3n) is 3.75. The smallest absolute Gasteiger partial charge is 0.226 e. The van der Waals surface area contributed by atoms with Gasteiger partial charge in [0, 0.05) is 30.3 Å². The Hall–Kier alpha value is -2.66. The summed E-state index contributed by atoms with van der Waals surface area (Å²) in [4.78, 5) is 23.7. The second kappa shape index (κ2) is 8.26. The predicted molar refractivity (Wildman–Crippen MR) is 96.7 cm³/mol. The summed E-state index contributed by atoms with van der Waals surface area (Å²) < 4.78 is 0. The van der Waals surface area contributed by atoms with Crippen LogP contribution in [0.2, 0.25) is 0 Å². The first kappa shape index (κ1) is 17.7. The van der Waals surface area contributed by atoms with E-state index in [1.807, 2.05) is 49.4 Å². The van der Waals surface area contributed by atoms with E-state index in [2.05, 4.69) is 10.6 Å². The van der Waals surface area contributed by atoms with Crippen LogP contribution >= 0.6 is 0 Å². The van der Waals surface area contributed by atoms with Crippen molar-refractivity contribution >= 4 is 23.2 Å². The summed E-state index contributed by atoms with van der Waals surface area (Å²) in [5.41, 5.74) is 9.27. The number of nitrogens with two attached hydrogens (primary N) is 1. The maximum atomic E-state index is 12.3. The van der Waals surface area contributed by atoms with Gasteiger partial charge in [0.05, 0.1) is 0 Å². The Bertz CT molecular complexity index is 714. The lowest BCUT2D eigenvalue weighted by molar-refractivity contribution is -0.117. The Balaban J connectivity index is 2.03. The second-order valence-corrected chi connectivity index (χ2v) is 5.70. The van der Waals surface area contributed by atoms with Crippen molar-refractivity contribution in [2.24, 2.45) is 5.73 Å². The van der Waals surface area contributed by atoms with Gasteiger partial charge in [-0.25, -0.2) is 0 Å². The van der Waals surface area contributed by atoms with Gasteiger partial charge in [0.25, 0.3) is 0 Å². The Kier molecular flexibility index (Phi) is 6.09. The molecule has 2 amide bonds. The van der Waals surface area contributed by atoms with Crippen LogP contribution in [0.4, 0.5) is 11.4 Å². The molecule has 0 aliphatic carbocycles. The number of carbonyl (C=O) groups is 2. The zero-order chi connectivity index (χ0) is 17.5. The second-order valence-electron chi connectivity index (χ2n) is 5.70. The maximum absolute atomic E-state index is 12.3. The lowest BCUT2D eigenvalue weighted by atomic mass is 10.0. The van der Waals surface area contributed by atoms with E-state index in [0.717, 1.165) is 11.1 Å². The van der Waals surface area contributed by atoms with E-state index >= 15 is 0 Å². The normalized spacial score (nSPS) is 11.6. The van der Waals surface area contributed by atoms with Gasteiger partial charge >= 0.3 is 0 Å². The number of aryl methyl sites for hydroxylation is 1. The third kappa shape index (κ3) is 4.93. The van der Waals surface area contributed by atoms with Crippen molar-refractivity contribution < 1.29 is 9.59 Å².